The molecule has 0 fully saturated rings. The molecule has 1 atom stereocenters. The van der Waals surface area contributed by atoms with Gasteiger partial charge in [0.25, 0.3) is 0 Å². The average molecular weight is 173 g/mol. The molecule has 0 saturated carbocycles. The van der Waals surface area contributed by atoms with Crippen LogP contribution in [0.3, 0.4) is 0 Å². The summed E-state index contributed by atoms with van der Waals surface area (Å²) in [5.41, 5.74) is 0. The molecule has 1 N–H and O–H groups in total. The van der Waals surface area contributed by atoms with E-state index in [0.29, 0.717) is 19.4 Å². The van der Waals surface area contributed by atoms with Crippen molar-refractivity contribution < 1.29 is 14.7 Å². The number of oxime groups is 1. The molecule has 0 aromatic carbocycles. The van der Waals surface area contributed by atoms with Crippen molar-refractivity contribution in [1.29, 1.82) is 0 Å². The third-order valence-electron chi connectivity index (χ3n) is 1.43. The molecule has 0 aliphatic heterocycles. The number of nitrogens with zero attached hydrogens (tertiary/aromatic N) is 1. The van der Waals surface area contributed by atoms with Gasteiger partial charge in [0.15, 0.2) is 0 Å². The third-order valence-corrected chi connectivity index (χ3v) is 1.43. The number of rotatable bonds is 5. The summed E-state index contributed by atoms with van der Waals surface area (Å²) in [5, 5.41) is 11.0. The van der Waals surface area contributed by atoms with Gasteiger partial charge in [-0.3, -0.25) is 4.79 Å². The van der Waals surface area contributed by atoms with Gasteiger partial charge in [0.05, 0.1) is 6.61 Å². The lowest BCUT2D eigenvalue weighted by Gasteiger charge is -2.03. The van der Waals surface area contributed by atoms with Gasteiger partial charge < -0.3 is 9.94 Å². The Bertz CT molecular complexity index is 156. The van der Waals surface area contributed by atoms with Gasteiger partial charge >= 0.3 is 5.97 Å². The fourth-order valence-electron chi connectivity index (χ4n) is 0.767. The van der Waals surface area contributed by atoms with E-state index < -0.39 is 0 Å². The van der Waals surface area contributed by atoms with Crippen LogP contribution in [0.4, 0.5) is 0 Å². The zero-order chi connectivity index (χ0) is 9.40. The lowest BCUT2D eigenvalue weighted by Crippen LogP contribution is -2.06. The molecule has 12 heavy (non-hydrogen) atoms. The number of esters is 1. The van der Waals surface area contributed by atoms with Crippen molar-refractivity contribution >= 4 is 12.2 Å². The molecule has 0 saturated heterocycles. The Morgan fingerprint density at radius 2 is 2.42 bits per heavy atom. The second kappa shape index (κ2) is 6.64. The van der Waals surface area contributed by atoms with E-state index in [1.165, 1.54) is 6.21 Å². The molecule has 0 aliphatic rings. The van der Waals surface area contributed by atoms with Crippen LogP contribution in [0.5, 0.6) is 0 Å². The van der Waals surface area contributed by atoms with Gasteiger partial charge in [0.2, 0.25) is 0 Å². The minimum absolute atomic E-state index is 0.111. The van der Waals surface area contributed by atoms with Crippen molar-refractivity contribution in [3.05, 3.63) is 0 Å². The van der Waals surface area contributed by atoms with Gasteiger partial charge in [0, 0.05) is 12.6 Å². The Kier molecular flexibility index (Phi) is 6.05. The van der Waals surface area contributed by atoms with Gasteiger partial charge in [0.1, 0.15) is 0 Å². The predicted octanol–water partition coefficient (Wildman–Crippen LogP) is 1.43. The zero-order valence-electron chi connectivity index (χ0n) is 7.49. The van der Waals surface area contributed by atoms with Crippen LogP contribution in [0.25, 0.3) is 0 Å². The lowest BCUT2D eigenvalue weighted by molar-refractivity contribution is -0.143. The Labute approximate surface area is 72.2 Å². The maximum absolute atomic E-state index is 10.8. The van der Waals surface area contributed by atoms with Crippen LogP contribution in [-0.2, 0) is 9.53 Å². The van der Waals surface area contributed by atoms with Crippen molar-refractivity contribution in [2.75, 3.05) is 6.61 Å². The first-order chi connectivity index (χ1) is 5.70. The molecule has 4 nitrogen and oxygen atoms in total. The minimum atomic E-state index is -0.198. The summed E-state index contributed by atoms with van der Waals surface area (Å²) < 4.78 is 4.72. The SMILES string of the molecule is CCOC(=O)CCC(C)C=NO. The second-order valence-electron chi connectivity index (χ2n) is 2.59. The Hall–Kier alpha value is -1.06. The summed E-state index contributed by atoms with van der Waals surface area (Å²) in [6, 6.07) is 0. The number of hydrogen-bond donors (Lipinski definition) is 1. The van der Waals surface area contributed by atoms with Crippen LogP contribution in [0.15, 0.2) is 5.16 Å². The topological polar surface area (TPSA) is 58.9 Å². The van der Waals surface area contributed by atoms with Crippen LogP contribution in [0.1, 0.15) is 26.7 Å². The fourth-order valence-corrected chi connectivity index (χ4v) is 0.767. The van der Waals surface area contributed by atoms with Crippen molar-refractivity contribution in [2.24, 2.45) is 11.1 Å². The first-order valence-corrected chi connectivity index (χ1v) is 4.03. The Balaban J connectivity index is 3.46. The lowest BCUT2D eigenvalue weighted by atomic mass is 10.1. The summed E-state index contributed by atoms with van der Waals surface area (Å²) in [6.45, 7) is 4.07. The van der Waals surface area contributed by atoms with E-state index >= 15 is 0 Å². The van der Waals surface area contributed by atoms with E-state index in [0.717, 1.165) is 0 Å². The summed E-state index contributed by atoms with van der Waals surface area (Å²) in [4.78, 5) is 10.8. The highest BCUT2D eigenvalue weighted by Gasteiger charge is 2.04. The molecule has 1 unspecified atom stereocenters. The second-order valence-corrected chi connectivity index (χ2v) is 2.59. The third kappa shape index (κ3) is 5.70. The molecule has 0 aliphatic carbocycles. The number of ether oxygens (including phenoxy) is 1. The van der Waals surface area contributed by atoms with Crippen LogP contribution in [0.2, 0.25) is 0 Å². The van der Waals surface area contributed by atoms with Gasteiger partial charge in [-0.05, 0) is 19.3 Å². The van der Waals surface area contributed by atoms with E-state index in [4.69, 9.17) is 9.94 Å². The highest BCUT2D eigenvalue weighted by Crippen LogP contribution is 2.03. The smallest absolute Gasteiger partial charge is 0.305 e. The average Bonchev–Trinajstić information content (AvgIpc) is 2.02. The van der Waals surface area contributed by atoms with Gasteiger partial charge in [-0.2, -0.15) is 0 Å². The van der Waals surface area contributed by atoms with E-state index in [-0.39, 0.29) is 11.9 Å². The van der Waals surface area contributed by atoms with Gasteiger partial charge in [-0.25, -0.2) is 0 Å². The van der Waals surface area contributed by atoms with E-state index in [2.05, 4.69) is 5.16 Å². The fraction of sp³-hybridized carbons (Fsp3) is 0.750. The molecular weight excluding hydrogens is 158 g/mol. The number of hydrogen-bond acceptors (Lipinski definition) is 4. The van der Waals surface area contributed by atoms with E-state index in [1.807, 2.05) is 6.92 Å². The largest absolute Gasteiger partial charge is 0.466 e. The zero-order valence-corrected chi connectivity index (χ0v) is 7.49. The Morgan fingerprint density at radius 3 is 2.92 bits per heavy atom. The molecule has 70 valence electrons. The molecule has 0 heterocycles. The molecule has 0 bridgehead atoms. The number of carbonyl (C=O) groups is 1. The van der Waals surface area contributed by atoms with Crippen LogP contribution >= 0.6 is 0 Å². The highest BCUT2D eigenvalue weighted by molar-refractivity contribution is 5.70. The first kappa shape index (κ1) is 10.9. The van der Waals surface area contributed by atoms with Crippen molar-refractivity contribution in [2.45, 2.75) is 26.7 Å². The minimum Gasteiger partial charge on any atom is -0.466 e. The van der Waals surface area contributed by atoms with E-state index in [9.17, 15) is 4.79 Å². The van der Waals surface area contributed by atoms with Gasteiger partial charge in [-0.1, -0.05) is 6.92 Å². The monoisotopic (exact) mass is 173 g/mol. The van der Waals surface area contributed by atoms with Crippen molar-refractivity contribution in [3.63, 3.8) is 0 Å². The van der Waals surface area contributed by atoms with Crippen molar-refractivity contribution in [3.8, 4) is 0 Å². The van der Waals surface area contributed by atoms with Gasteiger partial charge in [-0.15, -0.1) is 5.16 Å². The normalized spacial score (nSPS) is 13.2. The van der Waals surface area contributed by atoms with Crippen LogP contribution < -0.4 is 0 Å². The van der Waals surface area contributed by atoms with E-state index in [1.54, 1.807) is 6.92 Å². The first-order valence-electron chi connectivity index (χ1n) is 4.03. The van der Waals surface area contributed by atoms with Crippen molar-refractivity contribution in [1.82, 2.24) is 0 Å². The number of carbonyl (C=O) groups excluding carboxylic acids is 1. The standard InChI is InChI=1S/C8H15NO3/c1-3-12-8(10)5-4-7(2)6-9-11/h6-7,11H,3-5H2,1-2H3. The molecule has 0 radical (unpaired) electrons. The highest BCUT2D eigenvalue weighted by atomic mass is 16.5. The summed E-state index contributed by atoms with van der Waals surface area (Å²) >= 11 is 0. The Morgan fingerprint density at radius 1 is 1.75 bits per heavy atom. The maximum atomic E-state index is 10.8. The summed E-state index contributed by atoms with van der Waals surface area (Å²) in [7, 11) is 0. The molecule has 0 aromatic heterocycles. The molecule has 0 amide bonds. The predicted molar refractivity (Wildman–Crippen MR) is 45.3 cm³/mol. The van der Waals surface area contributed by atoms with Crippen LogP contribution in [0, 0.1) is 5.92 Å². The molecule has 4 heteroatoms. The summed E-state index contributed by atoms with van der Waals surface area (Å²) in [6.07, 6.45) is 2.43. The summed E-state index contributed by atoms with van der Waals surface area (Å²) in [5.74, 6) is -0.0879. The maximum Gasteiger partial charge on any atom is 0.305 e. The quantitative estimate of drug-likeness (QED) is 0.296. The molecule has 0 spiro atoms. The molecule has 0 rings (SSSR count). The molecule has 0 aromatic rings. The molecular formula is C8H15NO3. The van der Waals surface area contributed by atoms with Crippen LogP contribution in [-0.4, -0.2) is 24.0 Å².